The van der Waals surface area contributed by atoms with Crippen LogP contribution in [0.2, 0.25) is 0 Å². The number of aromatic hydroxyl groups is 1. The van der Waals surface area contributed by atoms with Gasteiger partial charge in [-0.25, -0.2) is 4.52 Å². The van der Waals surface area contributed by atoms with Crippen LogP contribution in [0, 0.1) is 0 Å². The van der Waals surface area contributed by atoms with Gasteiger partial charge >= 0.3 is 5.97 Å². The number of nitrogens with one attached hydrogen (secondary N) is 1. The third-order valence-corrected chi connectivity index (χ3v) is 2.15. The first-order chi connectivity index (χ1) is 8.09. The first kappa shape index (κ1) is 10.9. The minimum Gasteiger partial charge on any atom is -0.505 e. The summed E-state index contributed by atoms with van der Waals surface area (Å²) in [5.41, 5.74) is 0.539. The van der Waals surface area contributed by atoms with Crippen molar-refractivity contribution in [2.45, 2.75) is 0 Å². The lowest BCUT2D eigenvalue weighted by Crippen LogP contribution is -2.30. The van der Waals surface area contributed by atoms with Crippen molar-refractivity contribution in [3.8, 4) is 5.75 Å². The summed E-state index contributed by atoms with van der Waals surface area (Å²) in [6.45, 7) is -0.518. The number of carbonyl (C=O) groups is 2. The molecule has 2 heterocycles. The second-order valence-corrected chi connectivity index (χ2v) is 3.31. The molecule has 0 aromatic carbocycles. The summed E-state index contributed by atoms with van der Waals surface area (Å²) in [6.07, 6.45) is 1.47. The van der Waals surface area contributed by atoms with Crippen molar-refractivity contribution in [1.82, 2.24) is 14.9 Å². The maximum absolute atomic E-state index is 11.7. The zero-order chi connectivity index (χ0) is 12.4. The van der Waals surface area contributed by atoms with E-state index in [2.05, 4.69) is 10.4 Å². The Balaban J connectivity index is 2.39. The maximum Gasteiger partial charge on any atom is 0.322 e. The van der Waals surface area contributed by atoms with Gasteiger partial charge in [-0.3, -0.25) is 9.59 Å². The van der Waals surface area contributed by atoms with Crippen molar-refractivity contribution in [3.63, 3.8) is 0 Å². The zero-order valence-corrected chi connectivity index (χ0v) is 8.62. The van der Waals surface area contributed by atoms with Crippen LogP contribution in [0.5, 0.6) is 5.75 Å². The number of carboxylic acid groups (broad SMARTS) is 1. The molecular formula is C10H9N3O4. The Labute approximate surface area is 95.3 Å². The maximum atomic E-state index is 11.7. The lowest BCUT2D eigenvalue weighted by molar-refractivity contribution is -0.135. The summed E-state index contributed by atoms with van der Waals surface area (Å²) in [5, 5.41) is 24.1. The number of rotatable bonds is 3. The summed E-state index contributed by atoms with van der Waals surface area (Å²) in [5.74, 6) is -2.12. The lowest BCUT2D eigenvalue weighted by atomic mass is 10.3. The highest BCUT2D eigenvalue weighted by atomic mass is 16.4. The van der Waals surface area contributed by atoms with Crippen molar-refractivity contribution < 1.29 is 19.8 Å². The van der Waals surface area contributed by atoms with E-state index in [9.17, 15) is 14.7 Å². The van der Waals surface area contributed by atoms with Crippen molar-refractivity contribution in [2.75, 3.05) is 6.54 Å². The highest BCUT2D eigenvalue weighted by Gasteiger charge is 2.16. The van der Waals surface area contributed by atoms with Crippen LogP contribution < -0.4 is 5.32 Å². The molecule has 0 aliphatic carbocycles. The monoisotopic (exact) mass is 235 g/mol. The van der Waals surface area contributed by atoms with E-state index in [1.807, 2.05) is 0 Å². The van der Waals surface area contributed by atoms with Crippen LogP contribution in [0.25, 0.3) is 5.52 Å². The Morgan fingerprint density at radius 1 is 1.35 bits per heavy atom. The summed E-state index contributed by atoms with van der Waals surface area (Å²) < 4.78 is 1.24. The lowest BCUT2D eigenvalue weighted by Gasteiger charge is -2.06. The van der Waals surface area contributed by atoms with Gasteiger partial charge in [0, 0.05) is 0 Å². The molecule has 0 unspecified atom stereocenters. The molecule has 0 bridgehead atoms. The second-order valence-electron chi connectivity index (χ2n) is 3.31. The minimum absolute atomic E-state index is 0.0891. The van der Waals surface area contributed by atoms with Crippen LogP contribution in [-0.4, -0.2) is 38.2 Å². The van der Waals surface area contributed by atoms with Crippen molar-refractivity contribution in [3.05, 3.63) is 30.1 Å². The second kappa shape index (κ2) is 4.12. The number of aliphatic carboxylic acids is 1. The molecular weight excluding hydrogens is 226 g/mol. The van der Waals surface area contributed by atoms with Gasteiger partial charge in [0.25, 0.3) is 5.91 Å². The Morgan fingerprint density at radius 2 is 2.12 bits per heavy atom. The van der Waals surface area contributed by atoms with E-state index in [1.165, 1.54) is 16.8 Å². The molecule has 0 saturated heterocycles. The van der Waals surface area contributed by atoms with Gasteiger partial charge < -0.3 is 15.5 Å². The van der Waals surface area contributed by atoms with E-state index < -0.39 is 18.4 Å². The van der Waals surface area contributed by atoms with E-state index in [1.54, 1.807) is 12.1 Å². The normalized spacial score (nSPS) is 10.4. The molecule has 17 heavy (non-hydrogen) atoms. The SMILES string of the molecule is O=C(O)CNC(=O)c1c(O)ccc2ccnn12. The van der Waals surface area contributed by atoms with Crippen LogP contribution in [0.3, 0.4) is 0 Å². The fourth-order valence-electron chi connectivity index (χ4n) is 1.43. The number of aromatic nitrogens is 2. The van der Waals surface area contributed by atoms with Crippen LogP contribution in [0.15, 0.2) is 24.4 Å². The zero-order valence-electron chi connectivity index (χ0n) is 8.62. The third-order valence-electron chi connectivity index (χ3n) is 2.15. The highest BCUT2D eigenvalue weighted by molar-refractivity contribution is 5.97. The van der Waals surface area contributed by atoms with Gasteiger partial charge in [-0.1, -0.05) is 0 Å². The molecule has 0 saturated carbocycles. The molecule has 0 fully saturated rings. The Morgan fingerprint density at radius 3 is 2.82 bits per heavy atom. The van der Waals surface area contributed by atoms with Gasteiger partial charge in [0.15, 0.2) is 5.69 Å². The van der Waals surface area contributed by atoms with E-state index in [0.717, 1.165) is 0 Å². The molecule has 3 N–H and O–H groups in total. The minimum atomic E-state index is -1.16. The first-order valence-electron chi connectivity index (χ1n) is 4.75. The van der Waals surface area contributed by atoms with E-state index in [-0.39, 0.29) is 11.4 Å². The first-order valence-corrected chi connectivity index (χ1v) is 4.75. The average Bonchev–Trinajstić information content (AvgIpc) is 2.73. The van der Waals surface area contributed by atoms with Crippen LogP contribution in [-0.2, 0) is 4.79 Å². The largest absolute Gasteiger partial charge is 0.505 e. The van der Waals surface area contributed by atoms with Gasteiger partial charge in [-0.2, -0.15) is 5.10 Å². The van der Waals surface area contributed by atoms with Gasteiger partial charge in [-0.15, -0.1) is 0 Å². The Hall–Kier alpha value is -2.57. The molecule has 88 valence electrons. The summed E-state index contributed by atoms with van der Waals surface area (Å²) in [7, 11) is 0. The van der Waals surface area contributed by atoms with E-state index >= 15 is 0 Å². The van der Waals surface area contributed by atoms with Crippen LogP contribution in [0.1, 0.15) is 10.5 Å². The number of amides is 1. The van der Waals surface area contributed by atoms with Gasteiger partial charge in [0.05, 0.1) is 11.7 Å². The quantitative estimate of drug-likeness (QED) is 0.686. The number of hydrogen-bond acceptors (Lipinski definition) is 4. The molecule has 0 spiro atoms. The third kappa shape index (κ3) is 2.03. The molecule has 7 nitrogen and oxygen atoms in total. The fraction of sp³-hybridized carbons (Fsp3) is 0.100. The van der Waals surface area contributed by atoms with Crippen molar-refractivity contribution in [2.24, 2.45) is 0 Å². The van der Waals surface area contributed by atoms with Crippen LogP contribution >= 0.6 is 0 Å². The summed E-state index contributed by atoms with van der Waals surface area (Å²) in [4.78, 5) is 22.0. The predicted octanol–water partition coefficient (Wildman–Crippen LogP) is -0.146. The standard InChI is InChI=1S/C10H9N3O4/c14-7-2-1-6-3-4-12-13(6)9(7)10(17)11-5-8(15)16/h1-4,14H,5H2,(H,11,17)(H,15,16). The van der Waals surface area contributed by atoms with E-state index in [4.69, 9.17) is 5.11 Å². The molecule has 0 radical (unpaired) electrons. The van der Waals surface area contributed by atoms with Gasteiger partial charge in [-0.05, 0) is 18.2 Å². The number of pyridine rings is 1. The predicted molar refractivity (Wildman–Crippen MR) is 56.8 cm³/mol. The fourth-order valence-corrected chi connectivity index (χ4v) is 1.43. The molecule has 7 heteroatoms. The summed E-state index contributed by atoms with van der Waals surface area (Å²) >= 11 is 0. The molecule has 0 aliphatic heterocycles. The summed E-state index contributed by atoms with van der Waals surface area (Å²) in [6, 6.07) is 4.61. The number of carboxylic acids is 1. The molecule has 0 aliphatic rings. The van der Waals surface area contributed by atoms with E-state index in [0.29, 0.717) is 5.52 Å². The van der Waals surface area contributed by atoms with Gasteiger partial charge in [0.1, 0.15) is 12.3 Å². The Bertz CT molecular complexity index is 590. The number of hydrogen-bond donors (Lipinski definition) is 3. The molecule has 2 rings (SSSR count). The van der Waals surface area contributed by atoms with Crippen LogP contribution in [0.4, 0.5) is 0 Å². The van der Waals surface area contributed by atoms with Gasteiger partial charge in [0.2, 0.25) is 0 Å². The number of carbonyl (C=O) groups excluding carboxylic acids is 1. The number of nitrogens with zero attached hydrogens (tertiary/aromatic N) is 2. The van der Waals surface area contributed by atoms with Crippen molar-refractivity contribution in [1.29, 1.82) is 0 Å². The molecule has 1 amide bonds. The average molecular weight is 235 g/mol. The Kier molecular flexibility index (Phi) is 2.65. The topological polar surface area (TPSA) is 104 Å². The molecule has 2 aromatic rings. The molecule has 0 atom stereocenters. The van der Waals surface area contributed by atoms with Crippen molar-refractivity contribution >= 4 is 17.4 Å². The highest BCUT2D eigenvalue weighted by Crippen LogP contribution is 2.18. The molecule has 2 aromatic heterocycles. The number of fused-ring (bicyclic) bond motifs is 1. The smallest absolute Gasteiger partial charge is 0.322 e.